The highest BCUT2D eigenvalue weighted by atomic mass is 16.5. The number of hydrogen-bond donors (Lipinski definition) is 0. The lowest BCUT2D eigenvalue weighted by molar-refractivity contribution is -0.143. The molecule has 0 aliphatic heterocycles. The van der Waals surface area contributed by atoms with E-state index in [1.807, 2.05) is 12.1 Å². The van der Waals surface area contributed by atoms with Crippen molar-refractivity contribution in [3.8, 4) is 11.5 Å². The van der Waals surface area contributed by atoms with Gasteiger partial charge in [0.1, 0.15) is 0 Å². The first kappa shape index (κ1) is 17.8. The summed E-state index contributed by atoms with van der Waals surface area (Å²) in [5.41, 5.74) is 3.59. The van der Waals surface area contributed by atoms with Crippen molar-refractivity contribution in [3.63, 3.8) is 0 Å². The Labute approximate surface area is 150 Å². The second-order valence-corrected chi connectivity index (χ2v) is 8.29. The van der Waals surface area contributed by atoms with Gasteiger partial charge in [0.15, 0.2) is 17.3 Å². The van der Waals surface area contributed by atoms with E-state index < -0.39 is 5.41 Å². The van der Waals surface area contributed by atoms with Gasteiger partial charge in [-0.25, -0.2) is 0 Å². The molecule has 25 heavy (non-hydrogen) atoms. The average Bonchev–Trinajstić information content (AvgIpc) is 2.97. The van der Waals surface area contributed by atoms with Crippen molar-refractivity contribution < 1.29 is 14.3 Å². The first-order chi connectivity index (χ1) is 11.8. The number of carbonyl (C=O) groups is 1. The van der Waals surface area contributed by atoms with E-state index in [0.29, 0.717) is 0 Å². The molecule has 3 rings (SSSR count). The normalized spacial score (nSPS) is 30.0. The quantitative estimate of drug-likeness (QED) is 0.743. The van der Waals surface area contributed by atoms with Crippen LogP contribution in [0.25, 0.3) is 0 Å². The van der Waals surface area contributed by atoms with Crippen molar-refractivity contribution in [2.75, 3.05) is 14.2 Å². The Morgan fingerprint density at radius 1 is 1.08 bits per heavy atom. The zero-order chi connectivity index (χ0) is 18.3. The molecule has 2 atom stereocenters. The topological polar surface area (TPSA) is 35.5 Å². The molecule has 0 heterocycles. The standard InChI is InChI=1S/C22H28O3/c1-20(2)11-7-12-21(3,22(20)13-6-8-19(22)23)15-16-9-10-17(24-4)18(14-16)25-5/h8-10,13-14H,7,11-12,15H2,1-5H3. The van der Waals surface area contributed by atoms with Gasteiger partial charge < -0.3 is 9.47 Å². The molecule has 0 aromatic heterocycles. The van der Waals surface area contributed by atoms with Crippen LogP contribution in [0.3, 0.4) is 0 Å². The van der Waals surface area contributed by atoms with Gasteiger partial charge in [-0.2, -0.15) is 0 Å². The summed E-state index contributed by atoms with van der Waals surface area (Å²) in [4.78, 5) is 13.0. The van der Waals surface area contributed by atoms with Crippen LogP contribution in [-0.4, -0.2) is 20.0 Å². The number of hydrogen-bond acceptors (Lipinski definition) is 3. The van der Waals surface area contributed by atoms with Gasteiger partial charge in [-0.05, 0) is 53.9 Å². The lowest BCUT2D eigenvalue weighted by atomic mass is 9.44. The Morgan fingerprint density at radius 2 is 1.80 bits per heavy atom. The second-order valence-electron chi connectivity index (χ2n) is 8.29. The van der Waals surface area contributed by atoms with E-state index >= 15 is 0 Å². The molecule has 1 aromatic rings. The van der Waals surface area contributed by atoms with Crippen LogP contribution >= 0.6 is 0 Å². The van der Waals surface area contributed by atoms with E-state index in [4.69, 9.17) is 9.47 Å². The Hall–Kier alpha value is -1.99. The number of ether oxygens (including phenoxy) is 2. The minimum Gasteiger partial charge on any atom is -0.493 e. The number of ketones is 1. The molecular formula is C22H28O3. The molecule has 2 aliphatic carbocycles. The van der Waals surface area contributed by atoms with Crippen LogP contribution < -0.4 is 9.47 Å². The van der Waals surface area contributed by atoms with Crippen LogP contribution in [-0.2, 0) is 11.2 Å². The highest BCUT2D eigenvalue weighted by molar-refractivity contribution is 6.00. The van der Waals surface area contributed by atoms with E-state index in [1.165, 1.54) is 5.56 Å². The highest BCUT2D eigenvalue weighted by Crippen LogP contribution is 2.63. The van der Waals surface area contributed by atoms with Crippen LogP contribution in [0.5, 0.6) is 11.5 Å². The summed E-state index contributed by atoms with van der Waals surface area (Å²) < 4.78 is 10.8. The third kappa shape index (κ3) is 2.53. The van der Waals surface area contributed by atoms with Gasteiger partial charge in [-0.15, -0.1) is 5.73 Å². The molecule has 2 aliphatic rings. The van der Waals surface area contributed by atoms with Crippen LogP contribution in [0.2, 0.25) is 0 Å². The van der Waals surface area contributed by atoms with Crippen molar-refractivity contribution in [3.05, 3.63) is 41.6 Å². The molecule has 134 valence electrons. The molecule has 2 unspecified atom stereocenters. The minimum atomic E-state index is -0.481. The summed E-state index contributed by atoms with van der Waals surface area (Å²) in [5.74, 6) is 1.67. The molecular weight excluding hydrogens is 312 g/mol. The second kappa shape index (κ2) is 6.07. The average molecular weight is 340 g/mol. The Morgan fingerprint density at radius 3 is 2.40 bits per heavy atom. The summed E-state index contributed by atoms with van der Waals surface area (Å²) in [6.45, 7) is 6.72. The van der Waals surface area contributed by atoms with Gasteiger partial charge >= 0.3 is 0 Å². The molecule has 0 bridgehead atoms. The summed E-state index contributed by atoms with van der Waals surface area (Å²) in [6, 6.07) is 6.07. The van der Waals surface area contributed by atoms with Crippen molar-refractivity contribution in [1.82, 2.24) is 0 Å². The van der Waals surface area contributed by atoms with Gasteiger partial charge in [0.05, 0.1) is 19.6 Å². The lowest BCUT2D eigenvalue weighted by Crippen LogP contribution is -2.56. The Balaban J connectivity index is 2.03. The molecule has 1 spiro atoms. The molecule has 0 N–H and O–H groups in total. The summed E-state index contributed by atoms with van der Waals surface area (Å²) in [7, 11) is 3.30. The molecule has 3 nitrogen and oxygen atoms in total. The third-order valence-electron chi connectivity index (χ3n) is 6.50. The number of rotatable bonds is 4. The molecule has 0 radical (unpaired) electrons. The molecule has 0 amide bonds. The van der Waals surface area contributed by atoms with Gasteiger partial charge in [0, 0.05) is 6.08 Å². The zero-order valence-electron chi connectivity index (χ0n) is 15.9. The summed E-state index contributed by atoms with van der Waals surface area (Å²) >= 11 is 0. The number of allylic oxidation sites excluding steroid dienone is 1. The maximum atomic E-state index is 13.0. The van der Waals surface area contributed by atoms with Crippen molar-refractivity contribution in [2.24, 2.45) is 16.2 Å². The Kier molecular flexibility index (Phi) is 4.33. The van der Waals surface area contributed by atoms with Crippen LogP contribution in [0.15, 0.2) is 36.1 Å². The van der Waals surface area contributed by atoms with Gasteiger partial charge in [-0.3, -0.25) is 4.79 Å². The molecule has 1 saturated carbocycles. The van der Waals surface area contributed by atoms with Gasteiger partial charge in [0.25, 0.3) is 0 Å². The van der Waals surface area contributed by atoms with Crippen molar-refractivity contribution in [1.29, 1.82) is 0 Å². The van der Waals surface area contributed by atoms with E-state index in [-0.39, 0.29) is 16.6 Å². The first-order valence-electron chi connectivity index (χ1n) is 8.99. The lowest BCUT2D eigenvalue weighted by Gasteiger charge is -2.57. The van der Waals surface area contributed by atoms with Crippen molar-refractivity contribution >= 4 is 5.78 Å². The fourth-order valence-corrected chi connectivity index (χ4v) is 5.23. The number of methoxy groups -OCH3 is 2. The fraction of sp³-hybridized carbons (Fsp3) is 0.545. The zero-order valence-corrected chi connectivity index (χ0v) is 15.9. The molecule has 0 saturated heterocycles. The van der Waals surface area contributed by atoms with E-state index in [0.717, 1.165) is 37.2 Å². The predicted molar refractivity (Wildman–Crippen MR) is 99.1 cm³/mol. The van der Waals surface area contributed by atoms with Crippen molar-refractivity contribution in [2.45, 2.75) is 46.5 Å². The number of benzene rings is 1. The third-order valence-corrected chi connectivity index (χ3v) is 6.50. The SMILES string of the molecule is COc1ccc(CC2(C)CCCC(C)(C)C23C=C=CC3=O)cc1OC. The van der Waals surface area contributed by atoms with Crippen LogP contribution in [0.4, 0.5) is 0 Å². The molecule has 1 fully saturated rings. The van der Waals surface area contributed by atoms with Crippen LogP contribution in [0, 0.1) is 16.2 Å². The number of carbonyl (C=O) groups excluding carboxylic acids is 1. The summed E-state index contributed by atoms with van der Waals surface area (Å²) in [5, 5.41) is 0. The van der Waals surface area contributed by atoms with Gasteiger partial charge in [-0.1, -0.05) is 33.3 Å². The fourth-order valence-electron chi connectivity index (χ4n) is 5.23. The first-order valence-corrected chi connectivity index (χ1v) is 8.99. The van der Waals surface area contributed by atoms with E-state index in [9.17, 15) is 4.79 Å². The van der Waals surface area contributed by atoms with E-state index in [1.54, 1.807) is 20.3 Å². The molecule has 3 heteroatoms. The summed E-state index contributed by atoms with van der Waals surface area (Å²) in [6.07, 6.45) is 7.75. The predicted octanol–water partition coefficient (Wildman–Crippen LogP) is 4.74. The minimum absolute atomic E-state index is 0.0758. The maximum absolute atomic E-state index is 13.0. The largest absolute Gasteiger partial charge is 0.493 e. The van der Waals surface area contributed by atoms with Crippen LogP contribution in [0.1, 0.15) is 45.6 Å². The monoisotopic (exact) mass is 340 g/mol. The Bertz CT molecular complexity index is 755. The van der Waals surface area contributed by atoms with Gasteiger partial charge in [0.2, 0.25) is 0 Å². The smallest absolute Gasteiger partial charge is 0.174 e. The maximum Gasteiger partial charge on any atom is 0.174 e. The molecule has 1 aromatic carbocycles. The van der Waals surface area contributed by atoms with E-state index in [2.05, 4.69) is 38.6 Å². The highest BCUT2D eigenvalue weighted by Gasteiger charge is 2.61.